The fourth-order valence-electron chi connectivity index (χ4n) is 3.35. The third-order valence-corrected chi connectivity index (χ3v) is 5.22. The summed E-state index contributed by atoms with van der Waals surface area (Å²) < 4.78 is 0. The number of rotatable bonds is 7. The van der Waals surface area contributed by atoms with Gasteiger partial charge in [0, 0.05) is 61.5 Å². The van der Waals surface area contributed by atoms with Crippen LogP contribution >= 0.6 is 0 Å². The second kappa shape index (κ2) is 9.86. The minimum atomic E-state index is -0.535. The maximum Gasteiger partial charge on any atom is 0.253 e. The van der Waals surface area contributed by atoms with Gasteiger partial charge in [0.25, 0.3) is 11.8 Å². The zero-order valence-electron chi connectivity index (χ0n) is 17.0. The topological polar surface area (TPSA) is 139 Å². The molecule has 0 aromatic heterocycles. The number of primary amides is 2. The van der Waals surface area contributed by atoms with E-state index in [1.807, 2.05) is 0 Å². The largest absolute Gasteiger partial charge is 0.366 e. The molecule has 2 aromatic rings. The summed E-state index contributed by atoms with van der Waals surface area (Å²) in [7, 11) is 0. The van der Waals surface area contributed by atoms with E-state index in [1.54, 1.807) is 41.3 Å². The van der Waals surface area contributed by atoms with Crippen LogP contribution < -0.4 is 16.8 Å². The van der Waals surface area contributed by atoms with Crippen LogP contribution in [0.2, 0.25) is 0 Å². The first-order valence-electron chi connectivity index (χ1n) is 9.94. The van der Waals surface area contributed by atoms with Gasteiger partial charge in [0.2, 0.25) is 11.8 Å². The minimum absolute atomic E-state index is 0.0802. The Morgan fingerprint density at radius 2 is 1.16 bits per heavy atom. The first-order chi connectivity index (χ1) is 14.8. The van der Waals surface area contributed by atoms with Crippen LogP contribution in [0.4, 0.5) is 0 Å². The van der Waals surface area contributed by atoms with E-state index in [2.05, 4.69) is 10.2 Å². The van der Waals surface area contributed by atoms with Crippen molar-refractivity contribution in [3.63, 3.8) is 0 Å². The van der Waals surface area contributed by atoms with Gasteiger partial charge in [-0.05, 0) is 48.5 Å². The number of carbonyl (C=O) groups excluding carboxylic acids is 4. The van der Waals surface area contributed by atoms with Crippen LogP contribution in [0.25, 0.3) is 0 Å². The van der Waals surface area contributed by atoms with Crippen LogP contribution in [0.1, 0.15) is 41.4 Å². The van der Waals surface area contributed by atoms with Gasteiger partial charge in [-0.3, -0.25) is 24.1 Å². The van der Waals surface area contributed by atoms with Gasteiger partial charge in [-0.15, -0.1) is 0 Å². The summed E-state index contributed by atoms with van der Waals surface area (Å²) >= 11 is 0. The van der Waals surface area contributed by atoms with Crippen LogP contribution in [0.5, 0.6) is 0 Å². The number of amides is 4. The van der Waals surface area contributed by atoms with E-state index in [-0.39, 0.29) is 11.8 Å². The van der Waals surface area contributed by atoms with Gasteiger partial charge in [0.1, 0.15) is 0 Å². The molecule has 9 nitrogen and oxygen atoms in total. The van der Waals surface area contributed by atoms with Gasteiger partial charge < -0.3 is 21.7 Å². The van der Waals surface area contributed by atoms with Crippen LogP contribution in [-0.2, 0) is 0 Å². The van der Waals surface area contributed by atoms with Crippen molar-refractivity contribution in [2.24, 2.45) is 11.5 Å². The standard InChI is InChI=1S/C22H25N5O4/c23-19(28)15-1-5-17(6-2-15)21(30)25-9-10-26-11-13-27(14-12-26)22(31)18-7-3-16(4-8-18)20(24)29/h1-8H,9-14H2,(H2,23,28)(H2,24,29)(H,25,30). The van der Waals surface area contributed by atoms with E-state index in [0.29, 0.717) is 61.5 Å². The number of piperazine rings is 1. The van der Waals surface area contributed by atoms with Crippen LogP contribution in [-0.4, -0.2) is 72.7 Å². The van der Waals surface area contributed by atoms with E-state index in [1.165, 1.54) is 12.1 Å². The van der Waals surface area contributed by atoms with Crippen molar-refractivity contribution in [2.45, 2.75) is 0 Å². The van der Waals surface area contributed by atoms with Gasteiger partial charge in [-0.2, -0.15) is 0 Å². The van der Waals surface area contributed by atoms with Gasteiger partial charge >= 0.3 is 0 Å². The lowest BCUT2D eigenvalue weighted by atomic mass is 10.1. The van der Waals surface area contributed by atoms with Crippen molar-refractivity contribution in [2.75, 3.05) is 39.3 Å². The third kappa shape index (κ3) is 5.67. The molecule has 0 aliphatic carbocycles. The highest BCUT2D eigenvalue weighted by molar-refractivity contribution is 5.98. The maximum absolute atomic E-state index is 12.6. The Labute approximate surface area is 180 Å². The third-order valence-electron chi connectivity index (χ3n) is 5.22. The molecule has 1 aliphatic rings. The van der Waals surface area contributed by atoms with Crippen molar-refractivity contribution >= 4 is 23.6 Å². The maximum atomic E-state index is 12.6. The zero-order valence-corrected chi connectivity index (χ0v) is 17.0. The molecular formula is C22H25N5O4. The average Bonchev–Trinajstić information content (AvgIpc) is 2.79. The van der Waals surface area contributed by atoms with E-state index in [0.717, 1.165) is 0 Å². The Kier molecular flexibility index (Phi) is 6.99. The highest BCUT2D eigenvalue weighted by Crippen LogP contribution is 2.10. The molecule has 3 rings (SSSR count). The van der Waals surface area contributed by atoms with E-state index in [4.69, 9.17) is 11.5 Å². The normalized spacial score (nSPS) is 14.1. The first-order valence-corrected chi connectivity index (χ1v) is 9.94. The van der Waals surface area contributed by atoms with Crippen molar-refractivity contribution in [1.82, 2.24) is 15.1 Å². The molecule has 5 N–H and O–H groups in total. The van der Waals surface area contributed by atoms with Crippen molar-refractivity contribution in [3.8, 4) is 0 Å². The molecule has 1 aliphatic heterocycles. The molecule has 0 atom stereocenters. The number of nitrogens with zero attached hydrogens (tertiary/aromatic N) is 2. The molecule has 2 aromatic carbocycles. The average molecular weight is 423 g/mol. The van der Waals surface area contributed by atoms with Gasteiger partial charge in [0.05, 0.1) is 0 Å². The summed E-state index contributed by atoms with van der Waals surface area (Å²) in [5, 5.41) is 2.85. The first kappa shape index (κ1) is 22.0. The Morgan fingerprint density at radius 3 is 1.65 bits per heavy atom. The lowest BCUT2D eigenvalue weighted by molar-refractivity contribution is 0.0637. The van der Waals surface area contributed by atoms with Crippen molar-refractivity contribution in [1.29, 1.82) is 0 Å². The Balaban J connectivity index is 1.41. The number of benzene rings is 2. The molecule has 0 saturated carbocycles. The number of nitrogens with one attached hydrogen (secondary N) is 1. The second-order valence-electron chi connectivity index (χ2n) is 7.27. The van der Waals surface area contributed by atoms with Gasteiger partial charge in [0.15, 0.2) is 0 Å². The lowest BCUT2D eigenvalue weighted by Crippen LogP contribution is -2.50. The molecule has 162 valence electrons. The number of carbonyl (C=O) groups is 4. The molecular weight excluding hydrogens is 398 g/mol. The monoisotopic (exact) mass is 423 g/mol. The molecule has 31 heavy (non-hydrogen) atoms. The highest BCUT2D eigenvalue weighted by Gasteiger charge is 2.22. The summed E-state index contributed by atoms with van der Waals surface area (Å²) in [4.78, 5) is 51.0. The van der Waals surface area contributed by atoms with Crippen LogP contribution in [0.3, 0.4) is 0 Å². The Hall–Kier alpha value is -3.72. The molecule has 0 radical (unpaired) electrons. The summed E-state index contributed by atoms with van der Waals surface area (Å²) in [5.41, 5.74) is 12.1. The number of nitrogens with two attached hydrogens (primary N) is 2. The molecule has 0 unspecified atom stereocenters. The van der Waals surface area contributed by atoms with Crippen molar-refractivity contribution in [3.05, 3.63) is 70.8 Å². The van der Waals surface area contributed by atoms with Crippen molar-refractivity contribution < 1.29 is 19.2 Å². The fourth-order valence-corrected chi connectivity index (χ4v) is 3.35. The van der Waals surface area contributed by atoms with E-state index in [9.17, 15) is 19.2 Å². The molecule has 1 fully saturated rings. The summed E-state index contributed by atoms with van der Waals surface area (Å²) in [5.74, 6) is -1.36. The summed E-state index contributed by atoms with van der Waals surface area (Å²) in [6.07, 6.45) is 0. The lowest BCUT2D eigenvalue weighted by Gasteiger charge is -2.34. The predicted molar refractivity (Wildman–Crippen MR) is 115 cm³/mol. The minimum Gasteiger partial charge on any atom is -0.366 e. The number of hydrogen-bond donors (Lipinski definition) is 3. The van der Waals surface area contributed by atoms with Gasteiger partial charge in [-0.25, -0.2) is 0 Å². The molecule has 1 heterocycles. The highest BCUT2D eigenvalue weighted by atomic mass is 16.2. The number of hydrogen-bond acceptors (Lipinski definition) is 5. The predicted octanol–water partition coefficient (Wildman–Crippen LogP) is 0.0722. The SMILES string of the molecule is NC(=O)c1ccc(C(=O)NCCN2CCN(C(=O)c3ccc(C(N)=O)cc3)CC2)cc1. The summed E-state index contributed by atoms with van der Waals surface area (Å²) in [6, 6.07) is 12.5. The van der Waals surface area contributed by atoms with Crippen LogP contribution in [0, 0.1) is 0 Å². The zero-order chi connectivity index (χ0) is 22.4. The van der Waals surface area contributed by atoms with E-state index < -0.39 is 11.8 Å². The fraction of sp³-hybridized carbons (Fsp3) is 0.273. The van der Waals surface area contributed by atoms with Gasteiger partial charge in [-0.1, -0.05) is 0 Å². The van der Waals surface area contributed by atoms with Crippen LogP contribution in [0.15, 0.2) is 48.5 Å². The Morgan fingerprint density at radius 1 is 0.710 bits per heavy atom. The quantitative estimate of drug-likeness (QED) is 0.578. The molecule has 4 amide bonds. The molecule has 9 heteroatoms. The molecule has 1 saturated heterocycles. The smallest absolute Gasteiger partial charge is 0.253 e. The summed E-state index contributed by atoms with van der Waals surface area (Å²) in [6.45, 7) is 3.71. The van der Waals surface area contributed by atoms with E-state index >= 15 is 0 Å². The molecule has 0 spiro atoms. The molecule has 0 bridgehead atoms. The Bertz CT molecular complexity index is 962. The second-order valence-corrected chi connectivity index (χ2v) is 7.27.